The van der Waals surface area contributed by atoms with E-state index in [1.807, 2.05) is 55.6 Å². The van der Waals surface area contributed by atoms with Gasteiger partial charge in [0.25, 0.3) is 5.56 Å². The molecule has 0 radical (unpaired) electrons. The predicted molar refractivity (Wildman–Crippen MR) is 132 cm³/mol. The second-order valence-corrected chi connectivity index (χ2v) is 9.30. The quantitative estimate of drug-likeness (QED) is 0.264. The molecule has 0 saturated carbocycles. The first-order valence-corrected chi connectivity index (χ1v) is 12.3. The van der Waals surface area contributed by atoms with Gasteiger partial charge >= 0.3 is 0 Å². The van der Waals surface area contributed by atoms with Crippen LogP contribution in [0.25, 0.3) is 0 Å². The largest absolute Gasteiger partial charge is 0.493 e. The Kier molecular flexibility index (Phi) is 7.40. The maximum Gasteiger partial charge on any atom is 0.279 e. The van der Waals surface area contributed by atoms with E-state index < -0.39 is 5.92 Å². The van der Waals surface area contributed by atoms with Gasteiger partial charge < -0.3 is 14.6 Å². The van der Waals surface area contributed by atoms with Crippen molar-refractivity contribution in [2.24, 2.45) is 7.05 Å². The summed E-state index contributed by atoms with van der Waals surface area (Å²) < 4.78 is 7.78. The van der Waals surface area contributed by atoms with Gasteiger partial charge in [-0.1, -0.05) is 73.1 Å². The molecule has 1 amide bonds. The van der Waals surface area contributed by atoms with Crippen molar-refractivity contribution in [3.05, 3.63) is 80.6 Å². The number of halogens is 1. The van der Waals surface area contributed by atoms with Crippen molar-refractivity contribution in [1.82, 2.24) is 9.55 Å². The molecule has 3 aromatic rings. The van der Waals surface area contributed by atoms with E-state index in [0.717, 1.165) is 24.0 Å². The number of thioether (sulfide) groups is 1. The van der Waals surface area contributed by atoms with Crippen molar-refractivity contribution in [2.45, 2.75) is 43.0 Å². The van der Waals surface area contributed by atoms with E-state index in [2.05, 4.69) is 17.2 Å². The van der Waals surface area contributed by atoms with Gasteiger partial charge in [0.15, 0.2) is 5.16 Å². The third-order valence-corrected chi connectivity index (χ3v) is 7.11. The number of aromatic nitrogens is 2. The summed E-state index contributed by atoms with van der Waals surface area (Å²) in [6.45, 7) is 2.70. The molecule has 0 bridgehead atoms. The molecule has 1 aliphatic heterocycles. The molecule has 1 aliphatic rings. The van der Waals surface area contributed by atoms with Crippen molar-refractivity contribution in [2.75, 3.05) is 11.9 Å². The molecule has 0 fully saturated rings. The molecule has 4 rings (SSSR count). The normalized spacial score (nSPS) is 15.1. The van der Waals surface area contributed by atoms with Crippen molar-refractivity contribution in [3.63, 3.8) is 0 Å². The number of benzene rings is 2. The highest BCUT2D eigenvalue weighted by molar-refractivity contribution is 7.98. The Balaban J connectivity index is 1.70. The minimum atomic E-state index is -0.416. The number of hydrogen-bond donors (Lipinski definition) is 1. The minimum Gasteiger partial charge on any atom is -0.493 e. The lowest BCUT2D eigenvalue weighted by molar-refractivity contribution is -0.116. The summed E-state index contributed by atoms with van der Waals surface area (Å²) in [6.07, 6.45) is 2.13. The molecule has 33 heavy (non-hydrogen) atoms. The number of ether oxygens (including phenoxy) is 1. The number of unbranched alkanes of at least 4 members (excludes halogenated alkanes) is 1. The summed E-state index contributed by atoms with van der Waals surface area (Å²) in [7, 11) is 1.81. The standard InChI is InChI=1S/C25H26ClN3O3S/c1-3-4-13-32-20-12-8-6-10-17(20)18-14-21(30)27-23-22(18)24(31)28-25(29(23)2)33-15-16-9-5-7-11-19(16)26/h5-12,18H,3-4,13-15H2,1-2H3,(H,27,30). The molecule has 2 aromatic carbocycles. The summed E-state index contributed by atoms with van der Waals surface area (Å²) >= 11 is 7.68. The van der Waals surface area contributed by atoms with Gasteiger partial charge in [0.2, 0.25) is 5.91 Å². The van der Waals surface area contributed by atoms with Gasteiger partial charge in [-0.15, -0.1) is 0 Å². The van der Waals surface area contributed by atoms with Gasteiger partial charge in [-0.2, -0.15) is 4.98 Å². The van der Waals surface area contributed by atoms with Crippen molar-refractivity contribution < 1.29 is 9.53 Å². The molecule has 1 atom stereocenters. The zero-order valence-electron chi connectivity index (χ0n) is 18.6. The van der Waals surface area contributed by atoms with Crippen molar-refractivity contribution in [3.8, 4) is 5.75 Å². The Morgan fingerprint density at radius 3 is 2.73 bits per heavy atom. The van der Waals surface area contributed by atoms with Crippen LogP contribution in [0.2, 0.25) is 5.02 Å². The van der Waals surface area contributed by atoms with E-state index >= 15 is 0 Å². The zero-order chi connectivity index (χ0) is 23.4. The molecule has 6 nitrogen and oxygen atoms in total. The Hall–Kier alpha value is -2.77. The van der Waals surface area contributed by atoms with Crippen LogP contribution in [-0.2, 0) is 17.6 Å². The van der Waals surface area contributed by atoms with E-state index in [0.29, 0.717) is 39.7 Å². The van der Waals surface area contributed by atoms with Crippen LogP contribution in [-0.4, -0.2) is 22.1 Å². The summed E-state index contributed by atoms with van der Waals surface area (Å²) in [4.78, 5) is 30.3. The molecule has 1 N–H and O–H groups in total. The molecule has 1 unspecified atom stereocenters. The number of amides is 1. The first kappa shape index (κ1) is 23.4. The number of para-hydroxylation sites is 1. The highest BCUT2D eigenvalue weighted by Gasteiger charge is 2.33. The van der Waals surface area contributed by atoms with Crippen molar-refractivity contribution >= 4 is 35.1 Å². The molecule has 0 saturated heterocycles. The van der Waals surface area contributed by atoms with Gasteiger partial charge in [-0.3, -0.25) is 9.59 Å². The predicted octanol–water partition coefficient (Wildman–Crippen LogP) is 5.38. The monoisotopic (exact) mass is 483 g/mol. The third kappa shape index (κ3) is 5.09. The van der Waals surface area contributed by atoms with E-state index in [-0.39, 0.29) is 17.9 Å². The number of anilines is 1. The van der Waals surface area contributed by atoms with Crippen LogP contribution in [0.15, 0.2) is 58.5 Å². The van der Waals surface area contributed by atoms with E-state index in [9.17, 15) is 9.59 Å². The fraction of sp³-hybridized carbons (Fsp3) is 0.320. The number of nitrogens with zero attached hydrogens (tertiary/aromatic N) is 2. The lowest BCUT2D eigenvalue weighted by Gasteiger charge is -2.28. The van der Waals surface area contributed by atoms with Crippen LogP contribution in [0.5, 0.6) is 5.75 Å². The maximum absolute atomic E-state index is 13.2. The van der Waals surface area contributed by atoms with Crippen molar-refractivity contribution in [1.29, 1.82) is 0 Å². The number of rotatable bonds is 8. The minimum absolute atomic E-state index is 0.140. The highest BCUT2D eigenvalue weighted by Crippen LogP contribution is 2.39. The average Bonchev–Trinajstić information content (AvgIpc) is 2.81. The number of carbonyl (C=O) groups is 1. The third-order valence-electron chi connectivity index (χ3n) is 5.67. The zero-order valence-corrected chi connectivity index (χ0v) is 20.2. The molecule has 1 aromatic heterocycles. The number of carbonyl (C=O) groups excluding carboxylic acids is 1. The molecular weight excluding hydrogens is 458 g/mol. The number of nitrogens with one attached hydrogen (secondary N) is 1. The van der Waals surface area contributed by atoms with Crippen LogP contribution in [0.3, 0.4) is 0 Å². The molecular formula is C25H26ClN3O3S. The summed E-state index contributed by atoms with van der Waals surface area (Å²) in [5.74, 6) is 1.20. The SMILES string of the molecule is CCCCOc1ccccc1C1CC(=O)Nc2c1c(=O)nc(SCc1ccccc1Cl)n2C. The smallest absolute Gasteiger partial charge is 0.279 e. The Bertz CT molecular complexity index is 1230. The van der Waals surface area contributed by atoms with Gasteiger partial charge in [0.05, 0.1) is 12.2 Å². The second kappa shape index (κ2) is 10.4. The van der Waals surface area contributed by atoms with E-state index in [1.54, 1.807) is 4.57 Å². The summed E-state index contributed by atoms with van der Waals surface area (Å²) in [5.41, 5.74) is 1.94. The summed E-state index contributed by atoms with van der Waals surface area (Å²) in [6, 6.07) is 15.2. The van der Waals surface area contributed by atoms with E-state index in [4.69, 9.17) is 16.3 Å². The number of hydrogen-bond acceptors (Lipinski definition) is 5. The lowest BCUT2D eigenvalue weighted by Crippen LogP contribution is -2.33. The van der Waals surface area contributed by atoms with Crippen LogP contribution >= 0.6 is 23.4 Å². The van der Waals surface area contributed by atoms with E-state index in [1.165, 1.54) is 11.8 Å². The average molecular weight is 484 g/mol. The fourth-order valence-corrected chi connectivity index (χ4v) is 5.16. The highest BCUT2D eigenvalue weighted by atomic mass is 35.5. The topological polar surface area (TPSA) is 73.2 Å². The lowest BCUT2D eigenvalue weighted by atomic mass is 9.86. The molecule has 2 heterocycles. The van der Waals surface area contributed by atoms with Gasteiger partial charge in [0.1, 0.15) is 11.6 Å². The first-order chi connectivity index (χ1) is 16.0. The van der Waals surface area contributed by atoms with Crippen LogP contribution in [0, 0.1) is 0 Å². The Morgan fingerprint density at radius 2 is 1.94 bits per heavy atom. The van der Waals surface area contributed by atoms with Gasteiger partial charge in [-0.05, 0) is 24.1 Å². The van der Waals surface area contributed by atoms with Crippen LogP contribution < -0.4 is 15.6 Å². The van der Waals surface area contributed by atoms with Gasteiger partial charge in [0, 0.05) is 35.7 Å². The Morgan fingerprint density at radius 1 is 1.18 bits per heavy atom. The molecule has 0 spiro atoms. The molecule has 0 aliphatic carbocycles. The van der Waals surface area contributed by atoms with Crippen LogP contribution in [0.4, 0.5) is 5.82 Å². The fourth-order valence-electron chi connectivity index (χ4n) is 3.91. The maximum atomic E-state index is 13.2. The molecule has 8 heteroatoms. The Labute approximate surface area is 202 Å². The molecule has 172 valence electrons. The second-order valence-electron chi connectivity index (χ2n) is 7.95. The van der Waals surface area contributed by atoms with Gasteiger partial charge in [-0.25, -0.2) is 0 Å². The number of fused-ring (bicyclic) bond motifs is 1. The summed E-state index contributed by atoms with van der Waals surface area (Å²) in [5, 5.41) is 4.08. The van der Waals surface area contributed by atoms with Crippen LogP contribution in [0.1, 0.15) is 48.8 Å². The first-order valence-electron chi connectivity index (χ1n) is 11.0.